The molecule has 0 aliphatic heterocycles. The lowest BCUT2D eigenvalue weighted by Crippen LogP contribution is -2.42. The maximum atomic E-state index is 12.1. The molecule has 4 atom stereocenters. The quantitative estimate of drug-likeness (QED) is 0.103. The number of hydrogen-bond donors (Lipinski definition) is 5. The van der Waals surface area contributed by atoms with Crippen molar-refractivity contribution in [2.24, 2.45) is 11.7 Å². The molecule has 302 valence electrons. The van der Waals surface area contributed by atoms with Crippen LogP contribution in [0.5, 0.6) is 0 Å². The average Bonchev–Trinajstić information content (AvgIpc) is 2.99. The molecule has 0 saturated carbocycles. The van der Waals surface area contributed by atoms with Crippen molar-refractivity contribution < 1.29 is 75.9 Å². The molecule has 6 N–H and O–H groups in total. The van der Waals surface area contributed by atoms with Crippen LogP contribution in [0, 0.1) is 5.92 Å². The van der Waals surface area contributed by atoms with Gasteiger partial charge in [-0.15, -0.1) is 0 Å². The van der Waals surface area contributed by atoms with Crippen molar-refractivity contribution in [3.05, 3.63) is 24.3 Å². The molecule has 0 unspecified atom stereocenters. The maximum Gasteiger partial charge on any atom is 0.490 e. The van der Waals surface area contributed by atoms with Crippen LogP contribution < -0.4 is 16.4 Å². The first kappa shape index (κ1) is 54.1. The number of carboxylic acids is 2. The van der Waals surface area contributed by atoms with Gasteiger partial charge in [0, 0.05) is 24.6 Å². The van der Waals surface area contributed by atoms with Gasteiger partial charge in [-0.1, -0.05) is 26.0 Å². The zero-order chi connectivity index (χ0) is 42.0. The van der Waals surface area contributed by atoms with Crippen LogP contribution in [0.2, 0.25) is 0 Å². The zero-order valence-electron chi connectivity index (χ0n) is 31.8. The number of ether oxygens (including phenoxy) is 4. The van der Waals surface area contributed by atoms with E-state index in [1.54, 1.807) is 60.6 Å². The second-order valence-corrected chi connectivity index (χ2v) is 12.6. The van der Waals surface area contributed by atoms with Crippen molar-refractivity contribution in [2.75, 3.05) is 14.2 Å². The lowest BCUT2D eigenvalue weighted by molar-refractivity contribution is -0.192. The standard InChI is InChI=1S/C16H27NO5.C8H15NO4.C7H13NO2.C2HF3O2/c1-7-12(8-9-14(19)21-6)10-13(18)11(2)17-15(20)22-16(3,4)5;1-5(6(10)11)9-7(12)13-8(2,3)4;1-3-6(8)4-5-7(9)10-2;3-2(4,5)1(6)7/h8-9,11-12H,7,10H2,1-6H3,(H,17,20);5H,1-4H3,(H,9,12)(H,10,11);4-6H,3,8H2,1-2H3;(H,6,7)/b9-8+;;5-4+;/t11-,12-;5-;6-;/m000./s1. The van der Waals surface area contributed by atoms with Gasteiger partial charge in [0.05, 0.1) is 20.3 Å². The number of allylic oxidation sites excluding steroid dienone is 1. The van der Waals surface area contributed by atoms with Crippen LogP contribution in [-0.4, -0.2) is 102 Å². The molecule has 0 aliphatic rings. The molecule has 0 bridgehead atoms. The fourth-order valence-corrected chi connectivity index (χ4v) is 2.58. The van der Waals surface area contributed by atoms with E-state index in [9.17, 15) is 41.9 Å². The number of halogens is 3. The Labute approximate surface area is 302 Å². The summed E-state index contributed by atoms with van der Waals surface area (Å²) in [7, 11) is 2.63. The molecule has 0 aliphatic carbocycles. The number of nitrogens with two attached hydrogens (primary N) is 1. The summed E-state index contributed by atoms with van der Waals surface area (Å²) < 4.78 is 50.6. The van der Waals surface area contributed by atoms with E-state index in [1.165, 1.54) is 33.3 Å². The van der Waals surface area contributed by atoms with Crippen LogP contribution in [0.4, 0.5) is 22.8 Å². The van der Waals surface area contributed by atoms with Gasteiger partial charge >= 0.3 is 42.2 Å². The zero-order valence-corrected chi connectivity index (χ0v) is 31.8. The van der Waals surface area contributed by atoms with Gasteiger partial charge in [-0.3, -0.25) is 9.59 Å². The third-order valence-corrected chi connectivity index (χ3v) is 5.41. The summed E-state index contributed by atoms with van der Waals surface area (Å²) >= 11 is 0. The van der Waals surface area contributed by atoms with E-state index in [2.05, 4.69) is 20.1 Å². The molecule has 0 heterocycles. The summed E-state index contributed by atoms with van der Waals surface area (Å²) in [6, 6.07) is -1.62. The second-order valence-electron chi connectivity index (χ2n) is 12.6. The number of carbonyl (C=O) groups excluding carboxylic acids is 5. The van der Waals surface area contributed by atoms with Gasteiger partial charge in [0.15, 0.2) is 5.78 Å². The number of carbonyl (C=O) groups is 7. The summed E-state index contributed by atoms with van der Waals surface area (Å²) in [6.07, 6.45) is 1.29. The highest BCUT2D eigenvalue weighted by Gasteiger charge is 2.38. The minimum Gasteiger partial charge on any atom is -0.480 e. The number of carboxylic acid groups (broad SMARTS) is 2. The molecule has 0 spiro atoms. The summed E-state index contributed by atoms with van der Waals surface area (Å²) in [5.74, 6) is -4.85. The van der Waals surface area contributed by atoms with Crippen LogP contribution in [0.25, 0.3) is 0 Å². The average molecular weight is 760 g/mol. The third-order valence-electron chi connectivity index (χ3n) is 5.41. The van der Waals surface area contributed by atoms with Crippen molar-refractivity contribution in [1.82, 2.24) is 10.6 Å². The normalized spacial score (nSPS) is 13.5. The van der Waals surface area contributed by atoms with E-state index in [4.69, 9.17) is 30.2 Å². The lowest BCUT2D eigenvalue weighted by Gasteiger charge is -2.22. The highest BCUT2D eigenvalue weighted by Crippen LogP contribution is 2.14. The first-order valence-corrected chi connectivity index (χ1v) is 15.8. The van der Waals surface area contributed by atoms with Crippen molar-refractivity contribution in [3.8, 4) is 0 Å². The smallest absolute Gasteiger partial charge is 0.480 e. The van der Waals surface area contributed by atoms with E-state index in [1.807, 2.05) is 13.8 Å². The number of hydrogen-bond acceptors (Lipinski definition) is 12. The molecule has 0 rings (SSSR count). The molecule has 0 aromatic carbocycles. The molecule has 0 saturated heterocycles. The van der Waals surface area contributed by atoms with Crippen LogP contribution in [0.1, 0.15) is 88.5 Å². The van der Waals surface area contributed by atoms with Crippen molar-refractivity contribution in [3.63, 3.8) is 0 Å². The van der Waals surface area contributed by atoms with Gasteiger partial charge < -0.3 is 45.5 Å². The van der Waals surface area contributed by atoms with Crippen LogP contribution >= 0.6 is 0 Å². The van der Waals surface area contributed by atoms with E-state index in [0.717, 1.165) is 6.42 Å². The van der Waals surface area contributed by atoms with E-state index < -0.39 is 59.6 Å². The van der Waals surface area contributed by atoms with E-state index in [-0.39, 0.29) is 30.1 Å². The molecule has 19 heteroatoms. The predicted octanol–water partition coefficient (Wildman–Crippen LogP) is 4.68. The van der Waals surface area contributed by atoms with E-state index in [0.29, 0.717) is 6.42 Å². The number of ketones is 1. The second kappa shape index (κ2) is 27.0. The molecule has 16 nitrogen and oxygen atoms in total. The molecule has 0 radical (unpaired) electrons. The highest BCUT2D eigenvalue weighted by atomic mass is 19.4. The first-order valence-electron chi connectivity index (χ1n) is 15.8. The Kier molecular flexibility index (Phi) is 28.1. The number of alkyl halides is 3. The summed E-state index contributed by atoms with van der Waals surface area (Å²) in [5.41, 5.74) is 4.26. The van der Waals surface area contributed by atoms with Crippen molar-refractivity contribution in [1.29, 1.82) is 0 Å². The lowest BCUT2D eigenvalue weighted by atomic mass is 9.96. The number of alkyl carbamates (subject to hydrolysis) is 2. The molecule has 0 aromatic heterocycles. The Balaban J connectivity index is -0.000000325. The first-order chi connectivity index (χ1) is 23.5. The summed E-state index contributed by atoms with van der Waals surface area (Å²) in [4.78, 5) is 75.5. The van der Waals surface area contributed by atoms with Crippen LogP contribution in [0.15, 0.2) is 24.3 Å². The number of Topliss-reactive ketones (excluding diaryl/α,β-unsaturated/α-hetero) is 1. The molecule has 52 heavy (non-hydrogen) atoms. The van der Waals surface area contributed by atoms with E-state index >= 15 is 0 Å². The van der Waals surface area contributed by atoms with Crippen molar-refractivity contribution in [2.45, 2.75) is 124 Å². The Bertz CT molecular complexity index is 1190. The fourth-order valence-electron chi connectivity index (χ4n) is 2.58. The van der Waals surface area contributed by atoms with Gasteiger partial charge in [-0.25, -0.2) is 24.0 Å². The molecule has 2 amide bonds. The minimum atomic E-state index is -5.08. The minimum absolute atomic E-state index is 0.0425. The maximum absolute atomic E-state index is 12.1. The monoisotopic (exact) mass is 759 g/mol. The predicted molar refractivity (Wildman–Crippen MR) is 183 cm³/mol. The number of nitrogens with one attached hydrogen (secondary N) is 2. The van der Waals surface area contributed by atoms with Crippen LogP contribution in [0.3, 0.4) is 0 Å². The van der Waals surface area contributed by atoms with Gasteiger partial charge in [0.2, 0.25) is 0 Å². The fraction of sp³-hybridized carbons (Fsp3) is 0.667. The number of methoxy groups -OCH3 is 2. The van der Waals surface area contributed by atoms with Gasteiger partial charge in [-0.05, 0) is 74.1 Å². The van der Waals surface area contributed by atoms with Gasteiger partial charge in [0.25, 0.3) is 0 Å². The molecule has 0 aromatic rings. The SMILES string of the molecule is CC[C@@H](/C=C/C(=O)OC)CC(=O)[C@H](C)NC(=O)OC(C)(C)C.CC[C@H](N)/C=C/C(=O)OC.C[C@H](NC(=O)OC(C)(C)C)C(=O)O.O=C(O)C(F)(F)F. The topological polar surface area (TPSA) is 247 Å². The number of esters is 2. The largest absolute Gasteiger partial charge is 0.490 e. The van der Waals surface area contributed by atoms with Gasteiger partial charge in [0.1, 0.15) is 17.2 Å². The number of amides is 2. The third kappa shape index (κ3) is 36.6. The Morgan fingerprint density at radius 3 is 1.37 bits per heavy atom. The Hall–Kier alpha value is -4.68. The Morgan fingerprint density at radius 2 is 1.08 bits per heavy atom. The highest BCUT2D eigenvalue weighted by molar-refractivity contribution is 5.87. The number of aliphatic carboxylic acids is 2. The Morgan fingerprint density at radius 1 is 0.712 bits per heavy atom. The summed E-state index contributed by atoms with van der Waals surface area (Å²) in [6.45, 7) is 17.2. The molecule has 0 fully saturated rings. The summed E-state index contributed by atoms with van der Waals surface area (Å²) in [5, 5.41) is 20.3. The van der Waals surface area contributed by atoms with Crippen molar-refractivity contribution >= 4 is 41.8 Å². The number of rotatable bonds is 12. The van der Waals surface area contributed by atoms with Gasteiger partial charge in [-0.2, -0.15) is 13.2 Å². The molecular weight excluding hydrogens is 703 g/mol. The molecular formula is C33H56F3N3O13. The van der Waals surface area contributed by atoms with Crippen LogP contribution in [-0.2, 0) is 42.9 Å².